The summed E-state index contributed by atoms with van der Waals surface area (Å²) in [6, 6.07) is 0. The van der Waals surface area contributed by atoms with Crippen molar-refractivity contribution in [3.8, 4) is 0 Å². The van der Waals surface area contributed by atoms with Gasteiger partial charge in [-0.25, -0.2) is 0 Å². The van der Waals surface area contributed by atoms with Crippen molar-refractivity contribution in [1.82, 2.24) is 5.32 Å². The first-order valence-corrected chi connectivity index (χ1v) is 5.96. The Morgan fingerprint density at radius 1 is 1.20 bits per heavy atom. The lowest BCUT2D eigenvalue weighted by atomic mass is 9.81. The van der Waals surface area contributed by atoms with E-state index in [4.69, 9.17) is 11.5 Å². The van der Waals surface area contributed by atoms with Gasteiger partial charge in [-0.1, -0.05) is 19.3 Å². The van der Waals surface area contributed by atoms with Gasteiger partial charge in [0.1, 0.15) is 0 Å². The summed E-state index contributed by atoms with van der Waals surface area (Å²) < 4.78 is 0. The number of rotatable bonds is 6. The molecular weight excluding hydrogens is 190 g/mol. The van der Waals surface area contributed by atoms with Crippen molar-refractivity contribution < 1.29 is 4.79 Å². The lowest BCUT2D eigenvalue weighted by molar-refractivity contribution is -0.125. The maximum absolute atomic E-state index is 11.5. The molecule has 1 fully saturated rings. The van der Waals surface area contributed by atoms with E-state index < -0.39 is 5.54 Å². The molecule has 1 aliphatic rings. The Morgan fingerprint density at radius 3 is 2.40 bits per heavy atom. The summed E-state index contributed by atoms with van der Waals surface area (Å²) in [5.74, 6) is -0.185. The van der Waals surface area contributed by atoms with E-state index >= 15 is 0 Å². The second kappa shape index (κ2) is 6.08. The van der Waals surface area contributed by atoms with Crippen LogP contribution in [0.5, 0.6) is 0 Å². The summed E-state index contributed by atoms with van der Waals surface area (Å²) in [4.78, 5) is 11.5. The summed E-state index contributed by atoms with van der Waals surface area (Å²) in [6.45, 7) is 1.56. The number of carbonyl (C=O) groups excluding carboxylic acids is 1. The largest absolute Gasteiger partial charge is 0.368 e. The summed E-state index contributed by atoms with van der Waals surface area (Å²) in [5.41, 5.74) is 10.5. The van der Waals surface area contributed by atoms with Crippen LogP contribution in [0.15, 0.2) is 0 Å². The van der Waals surface area contributed by atoms with Crippen molar-refractivity contribution in [1.29, 1.82) is 0 Å². The van der Waals surface area contributed by atoms with Crippen LogP contribution in [-0.4, -0.2) is 24.5 Å². The SMILES string of the molecule is NCCCCNC1(C(N)=O)CCCCC1. The smallest absolute Gasteiger partial charge is 0.237 e. The zero-order valence-corrected chi connectivity index (χ0v) is 9.43. The number of hydrogen-bond donors (Lipinski definition) is 3. The van der Waals surface area contributed by atoms with Gasteiger partial charge in [-0.05, 0) is 38.8 Å². The molecule has 0 spiro atoms. The molecule has 0 heterocycles. The fraction of sp³-hybridized carbons (Fsp3) is 0.909. The topological polar surface area (TPSA) is 81.1 Å². The highest BCUT2D eigenvalue weighted by molar-refractivity contribution is 5.84. The Balaban J connectivity index is 2.39. The molecule has 1 saturated carbocycles. The summed E-state index contributed by atoms with van der Waals surface area (Å²) in [6.07, 6.45) is 7.24. The third kappa shape index (κ3) is 3.47. The molecule has 1 aliphatic carbocycles. The average molecular weight is 213 g/mol. The molecule has 0 aromatic heterocycles. The quantitative estimate of drug-likeness (QED) is 0.562. The molecule has 0 aliphatic heterocycles. The number of nitrogens with one attached hydrogen (secondary N) is 1. The number of hydrogen-bond acceptors (Lipinski definition) is 3. The molecule has 88 valence electrons. The third-order valence-electron chi connectivity index (χ3n) is 3.27. The molecule has 0 radical (unpaired) electrons. The minimum atomic E-state index is -0.424. The standard InChI is InChI=1S/C11H23N3O/c12-8-4-5-9-14-11(10(13)15)6-2-1-3-7-11/h14H,1-9,12H2,(H2,13,15). The molecule has 0 atom stereocenters. The molecule has 5 N–H and O–H groups in total. The molecule has 0 saturated heterocycles. The maximum atomic E-state index is 11.5. The molecule has 0 unspecified atom stereocenters. The molecule has 4 nitrogen and oxygen atoms in total. The number of nitrogens with two attached hydrogens (primary N) is 2. The van der Waals surface area contributed by atoms with Crippen LogP contribution in [0, 0.1) is 0 Å². The van der Waals surface area contributed by atoms with E-state index in [9.17, 15) is 4.79 Å². The monoisotopic (exact) mass is 213 g/mol. The van der Waals surface area contributed by atoms with Gasteiger partial charge in [0.2, 0.25) is 5.91 Å². The number of carbonyl (C=O) groups is 1. The minimum Gasteiger partial charge on any atom is -0.368 e. The van der Waals surface area contributed by atoms with Gasteiger partial charge < -0.3 is 16.8 Å². The predicted molar refractivity (Wildman–Crippen MR) is 61.3 cm³/mol. The number of unbranched alkanes of at least 4 members (excludes halogenated alkanes) is 1. The molecule has 15 heavy (non-hydrogen) atoms. The highest BCUT2D eigenvalue weighted by Gasteiger charge is 2.36. The van der Waals surface area contributed by atoms with E-state index in [1.807, 2.05) is 0 Å². The van der Waals surface area contributed by atoms with Crippen LogP contribution >= 0.6 is 0 Å². The van der Waals surface area contributed by atoms with Crippen LogP contribution < -0.4 is 16.8 Å². The van der Waals surface area contributed by atoms with E-state index in [1.54, 1.807) is 0 Å². The second-order valence-corrected chi connectivity index (χ2v) is 4.43. The summed E-state index contributed by atoms with van der Waals surface area (Å²) in [7, 11) is 0. The van der Waals surface area contributed by atoms with Crippen molar-refractivity contribution >= 4 is 5.91 Å². The lowest BCUT2D eigenvalue weighted by Crippen LogP contribution is -2.56. The van der Waals surface area contributed by atoms with Crippen LogP contribution in [0.4, 0.5) is 0 Å². The van der Waals surface area contributed by atoms with E-state index in [-0.39, 0.29) is 5.91 Å². The Kier molecular flexibility index (Phi) is 5.05. The average Bonchev–Trinajstić information content (AvgIpc) is 2.26. The van der Waals surface area contributed by atoms with Crippen molar-refractivity contribution in [3.63, 3.8) is 0 Å². The minimum absolute atomic E-state index is 0.185. The van der Waals surface area contributed by atoms with Crippen LogP contribution in [0.25, 0.3) is 0 Å². The first-order chi connectivity index (χ1) is 7.21. The first kappa shape index (κ1) is 12.5. The van der Waals surface area contributed by atoms with E-state index in [0.717, 1.165) is 45.1 Å². The number of primary amides is 1. The Bertz CT molecular complexity index is 200. The molecule has 1 rings (SSSR count). The zero-order valence-electron chi connectivity index (χ0n) is 9.43. The van der Waals surface area contributed by atoms with E-state index in [2.05, 4.69) is 5.32 Å². The van der Waals surface area contributed by atoms with Crippen molar-refractivity contribution in [2.45, 2.75) is 50.5 Å². The van der Waals surface area contributed by atoms with E-state index in [1.165, 1.54) is 6.42 Å². The number of amides is 1. The normalized spacial score (nSPS) is 20.1. The van der Waals surface area contributed by atoms with Crippen molar-refractivity contribution in [2.24, 2.45) is 11.5 Å². The molecule has 0 aromatic carbocycles. The summed E-state index contributed by atoms with van der Waals surface area (Å²) in [5, 5.41) is 3.34. The predicted octanol–water partition coefficient (Wildman–Crippen LogP) is 0.503. The Morgan fingerprint density at radius 2 is 1.87 bits per heavy atom. The van der Waals surface area contributed by atoms with Gasteiger partial charge in [0.05, 0.1) is 5.54 Å². The Hall–Kier alpha value is -0.610. The van der Waals surface area contributed by atoms with Crippen LogP contribution in [-0.2, 0) is 4.79 Å². The second-order valence-electron chi connectivity index (χ2n) is 4.43. The maximum Gasteiger partial charge on any atom is 0.237 e. The lowest BCUT2D eigenvalue weighted by Gasteiger charge is -2.35. The van der Waals surface area contributed by atoms with Gasteiger partial charge in [-0.15, -0.1) is 0 Å². The first-order valence-electron chi connectivity index (χ1n) is 5.96. The highest BCUT2D eigenvalue weighted by atomic mass is 16.1. The van der Waals surface area contributed by atoms with Gasteiger partial charge in [-0.2, -0.15) is 0 Å². The van der Waals surface area contributed by atoms with Gasteiger partial charge in [0.15, 0.2) is 0 Å². The van der Waals surface area contributed by atoms with Crippen LogP contribution in [0.1, 0.15) is 44.9 Å². The highest BCUT2D eigenvalue weighted by Crippen LogP contribution is 2.27. The summed E-state index contributed by atoms with van der Waals surface area (Å²) >= 11 is 0. The van der Waals surface area contributed by atoms with Crippen molar-refractivity contribution in [3.05, 3.63) is 0 Å². The third-order valence-corrected chi connectivity index (χ3v) is 3.27. The fourth-order valence-corrected chi connectivity index (χ4v) is 2.26. The van der Waals surface area contributed by atoms with Crippen LogP contribution in [0.2, 0.25) is 0 Å². The molecule has 4 heteroatoms. The molecular formula is C11H23N3O. The fourth-order valence-electron chi connectivity index (χ4n) is 2.26. The van der Waals surface area contributed by atoms with Gasteiger partial charge in [0.25, 0.3) is 0 Å². The van der Waals surface area contributed by atoms with Crippen LogP contribution in [0.3, 0.4) is 0 Å². The Labute approximate surface area is 91.8 Å². The van der Waals surface area contributed by atoms with E-state index in [0.29, 0.717) is 6.54 Å². The molecule has 0 bridgehead atoms. The molecule has 0 aromatic rings. The van der Waals surface area contributed by atoms with Gasteiger partial charge in [-0.3, -0.25) is 4.79 Å². The van der Waals surface area contributed by atoms with Gasteiger partial charge in [0, 0.05) is 0 Å². The van der Waals surface area contributed by atoms with Crippen molar-refractivity contribution in [2.75, 3.05) is 13.1 Å². The van der Waals surface area contributed by atoms with Gasteiger partial charge >= 0.3 is 0 Å². The molecule has 1 amide bonds. The zero-order chi connectivity index (χ0) is 11.1.